The Morgan fingerprint density at radius 3 is 1.38 bits per heavy atom. The first kappa shape index (κ1) is 17.2. The summed E-state index contributed by atoms with van der Waals surface area (Å²) in [5, 5.41) is 19.9. The van der Waals surface area contributed by atoms with Crippen molar-refractivity contribution < 1.29 is 19.7 Å². The molecule has 21 heavy (non-hydrogen) atoms. The molecule has 0 aromatic heterocycles. The van der Waals surface area contributed by atoms with E-state index in [4.69, 9.17) is 9.47 Å². The number of rotatable bonds is 0. The fourth-order valence-corrected chi connectivity index (χ4v) is 3.47. The molecular formula is C17H32O4. The van der Waals surface area contributed by atoms with E-state index >= 15 is 0 Å². The summed E-state index contributed by atoms with van der Waals surface area (Å²) >= 11 is 0. The predicted molar refractivity (Wildman–Crippen MR) is 82.3 cm³/mol. The lowest BCUT2D eigenvalue weighted by Gasteiger charge is -2.32. The predicted octanol–water partition coefficient (Wildman–Crippen LogP) is 2.80. The van der Waals surface area contributed by atoms with E-state index in [1.165, 1.54) is 12.8 Å². The molecule has 2 fully saturated rings. The van der Waals surface area contributed by atoms with E-state index in [1.54, 1.807) is 0 Å². The summed E-state index contributed by atoms with van der Waals surface area (Å²) in [6, 6.07) is 0. The largest absolute Gasteiger partial charge is 0.390 e. The van der Waals surface area contributed by atoms with E-state index < -0.39 is 12.2 Å². The minimum absolute atomic E-state index is 0.263. The van der Waals surface area contributed by atoms with Crippen LogP contribution in [0, 0.1) is 0 Å². The highest BCUT2D eigenvalue weighted by atomic mass is 16.6. The standard InChI is InChI=1S/C17H32O4/c18-14-8-4-1-2-6-10-16-17(21-13-12-20-16)11-7-3-5-9-15(14)19/h14-19H,1-13H2. The van der Waals surface area contributed by atoms with Crippen molar-refractivity contribution >= 4 is 0 Å². The Balaban J connectivity index is 1.80. The SMILES string of the molecule is OC1CCCCCCC2OCCOC2CCCCCC1O. The van der Waals surface area contributed by atoms with Crippen LogP contribution < -0.4 is 0 Å². The van der Waals surface area contributed by atoms with Crippen LogP contribution in [0.3, 0.4) is 0 Å². The van der Waals surface area contributed by atoms with E-state index in [-0.39, 0.29) is 12.2 Å². The van der Waals surface area contributed by atoms with Crippen molar-refractivity contribution in [1.29, 1.82) is 0 Å². The Morgan fingerprint density at radius 2 is 0.905 bits per heavy atom. The van der Waals surface area contributed by atoms with Crippen LogP contribution in [0.4, 0.5) is 0 Å². The summed E-state index contributed by atoms with van der Waals surface area (Å²) in [4.78, 5) is 0. The van der Waals surface area contributed by atoms with Crippen molar-refractivity contribution in [2.75, 3.05) is 13.2 Å². The lowest BCUT2D eigenvalue weighted by molar-refractivity contribution is -0.145. The van der Waals surface area contributed by atoms with Gasteiger partial charge in [0.2, 0.25) is 0 Å². The van der Waals surface area contributed by atoms with E-state index in [9.17, 15) is 10.2 Å². The molecule has 124 valence electrons. The van der Waals surface area contributed by atoms with Gasteiger partial charge in [-0.1, -0.05) is 44.9 Å². The van der Waals surface area contributed by atoms with Gasteiger partial charge in [-0.15, -0.1) is 0 Å². The summed E-state index contributed by atoms with van der Waals surface area (Å²) < 4.78 is 11.8. The number of hydrogen-bond acceptors (Lipinski definition) is 4. The Morgan fingerprint density at radius 1 is 0.524 bits per heavy atom. The Labute approximate surface area is 128 Å². The molecule has 0 radical (unpaired) electrons. The van der Waals surface area contributed by atoms with Crippen LogP contribution in [0.15, 0.2) is 0 Å². The van der Waals surface area contributed by atoms with E-state index in [0.29, 0.717) is 6.42 Å². The maximum Gasteiger partial charge on any atom is 0.0837 e. The molecule has 0 aromatic rings. The van der Waals surface area contributed by atoms with Crippen LogP contribution in [-0.4, -0.2) is 47.8 Å². The van der Waals surface area contributed by atoms with Gasteiger partial charge in [0.05, 0.1) is 37.6 Å². The normalized spacial score (nSPS) is 38.0. The molecule has 4 heteroatoms. The molecule has 0 aromatic carbocycles. The maximum atomic E-state index is 9.94. The Kier molecular flexibility index (Phi) is 8.01. The molecule has 2 aliphatic rings. The maximum absolute atomic E-state index is 9.94. The van der Waals surface area contributed by atoms with Gasteiger partial charge in [0.25, 0.3) is 0 Å². The molecule has 0 amide bonds. The second kappa shape index (κ2) is 9.78. The van der Waals surface area contributed by atoms with Crippen LogP contribution >= 0.6 is 0 Å². The lowest BCUT2D eigenvalue weighted by atomic mass is 9.99. The molecule has 1 aliphatic heterocycles. The zero-order valence-electron chi connectivity index (χ0n) is 13.2. The zero-order chi connectivity index (χ0) is 14.9. The van der Waals surface area contributed by atoms with Crippen LogP contribution in [0.2, 0.25) is 0 Å². The van der Waals surface area contributed by atoms with Gasteiger partial charge in [0.1, 0.15) is 0 Å². The summed E-state index contributed by atoms with van der Waals surface area (Å²) in [6.45, 7) is 1.46. The van der Waals surface area contributed by atoms with E-state index in [1.807, 2.05) is 0 Å². The van der Waals surface area contributed by atoms with Gasteiger partial charge in [-0.2, -0.15) is 0 Å². The van der Waals surface area contributed by atoms with Crippen molar-refractivity contribution in [2.45, 2.75) is 95.0 Å². The second-order valence-corrected chi connectivity index (χ2v) is 6.58. The first-order valence-electron chi connectivity index (χ1n) is 8.86. The highest BCUT2D eigenvalue weighted by molar-refractivity contribution is 4.75. The molecule has 1 saturated carbocycles. The quantitative estimate of drug-likeness (QED) is 0.722. The van der Waals surface area contributed by atoms with Crippen LogP contribution in [0.5, 0.6) is 0 Å². The molecule has 4 atom stereocenters. The van der Waals surface area contributed by atoms with Gasteiger partial charge >= 0.3 is 0 Å². The van der Waals surface area contributed by atoms with Gasteiger partial charge in [0.15, 0.2) is 0 Å². The summed E-state index contributed by atoms with van der Waals surface area (Å²) in [5.41, 5.74) is 0. The fourth-order valence-electron chi connectivity index (χ4n) is 3.47. The molecule has 2 rings (SSSR count). The lowest BCUT2D eigenvalue weighted by Crippen LogP contribution is -2.38. The van der Waals surface area contributed by atoms with Gasteiger partial charge in [-0.3, -0.25) is 0 Å². The topological polar surface area (TPSA) is 58.9 Å². The van der Waals surface area contributed by atoms with Crippen LogP contribution in [0.25, 0.3) is 0 Å². The van der Waals surface area contributed by atoms with Crippen molar-refractivity contribution in [2.24, 2.45) is 0 Å². The van der Waals surface area contributed by atoms with Crippen LogP contribution in [-0.2, 0) is 9.47 Å². The van der Waals surface area contributed by atoms with Crippen molar-refractivity contribution in [3.63, 3.8) is 0 Å². The molecule has 1 aliphatic carbocycles. The van der Waals surface area contributed by atoms with Crippen LogP contribution in [0.1, 0.15) is 70.6 Å². The third kappa shape index (κ3) is 6.23. The molecule has 4 unspecified atom stereocenters. The minimum atomic E-state index is -0.544. The summed E-state index contributed by atoms with van der Waals surface area (Å²) in [7, 11) is 0. The molecule has 0 spiro atoms. The van der Waals surface area contributed by atoms with Gasteiger partial charge < -0.3 is 19.7 Å². The Hall–Kier alpha value is -0.160. The number of hydrogen-bond donors (Lipinski definition) is 2. The molecule has 4 nitrogen and oxygen atoms in total. The zero-order valence-corrected chi connectivity index (χ0v) is 13.2. The monoisotopic (exact) mass is 300 g/mol. The number of aliphatic hydroxyl groups is 2. The van der Waals surface area contributed by atoms with Crippen molar-refractivity contribution in [1.82, 2.24) is 0 Å². The molecule has 2 N–H and O–H groups in total. The third-order valence-corrected chi connectivity index (χ3v) is 4.83. The highest BCUT2D eigenvalue weighted by Gasteiger charge is 2.26. The number of aliphatic hydroxyl groups excluding tert-OH is 2. The highest BCUT2D eigenvalue weighted by Crippen LogP contribution is 2.23. The molecule has 1 heterocycles. The fraction of sp³-hybridized carbons (Fsp3) is 1.00. The van der Waals surface area contributed by atoms with Gasteiger partial charge in [-0.25, -0.2) is 0 Å². The Bertz CT molecular complexity index is 272. The van der Waals surface area contributed by atoms with Crippen molar-refractivity contribution in [3.05, 3.63) is 0 Å². The summed E-state index contributed by atoms with van der Waals surface area (Å²) in [5.74, 6) is 0. The van der Waals surface area contributed by atoms with Gasteiger partial charge in [0, 0.05) is 0 Å². The summed E-state index contributed by atoms with van der Waals surface area (Å²) in [6.07, 6.45) is 10.7. The van der Waals surface area contributed by atoms with E-state index in [0.717, 1.165) is 64.6 Å². The average molecular weight is 300 g/mol. The molecule has 1 saturated heterocycles. The van der Waals surface area contributed by atoms with Crippen molar-refractivity contribution in [3.8, 4) is 0 Å². The van der Waals surface area contributed by atoms with Gasteiger partial charge in [-0.05, 0) is 25.7 Å². The smallest absolute Gasteiger partial charge is 0.0837 e. The second-order valence-electron chi connectivity index (χ2n) is 6.58. The first-order chi connectivity index (χ1) is 10.3. The third-order valence-electron chi connectivity index (χ3n) is 4.83. The number of fused-ring (bicyclic) bond motifs is 1. The minimum Gasteiger partial charge on any atom is -0.390 e. The molecule has 0 bridgehead atoms. The molecular weight excluding hydrogens is 268 g/mol. The average Bonchev–Trinajstić information content (AvgIpc) is 2.50. The first-order valence-corrected chi connectivity index (χ1v) is 8.86. The number of ether oxygens (including phenoxy) is 2. The van der Waals surface area contributed by atoms with E-state index in [2.05, 4.69) is 0 Å².